The van der Waals surface area contributed by atoms with Crippen LogP contribution in [0.15, 0.2) is 30.5 Å². The number of hydrogen-bond donors (Lipinski definition) is 2. The Bertz CT molecular complexity index is 759. The second-order valence-electron chi connectivity index (χ2n) is 5.11. The first kappa shape index (κ1) is 18.1. The van der Waals surface area contributed by atoms with E-state index >= 15 is 0 Å². The van der Waals surface area contributed by atoms with Crippen LogP contribution in [0.2, 0.25) is 0 Å². The molecule has 9 heteroatoms. The third-order valence-corrected chi connectivity index (χ3v) is 3.64. The van der Waals surface area contributed by atoms with Gasteiger partial charge in [-0.25, -0.2) is 4.98 Å². The number of hydrogen-bond acceptors (Lipinski definition) is 7. The summed E-state index contributed by atoms with van der Waals surface area (Å²) >= 11 is 0. The smallest absolute Gasteiger partial charge is 0.329 e. The van der Waals surface area contributed by atoms with Crippen molar-refractivity contribution >= 4 is 29.0 Å². The van der Waals surface area contributed by atoms with E-state index < -0.39 is 4.92 Å². The first-order chi connectivity index (χ1) is 12.0. The molecule has 0 saturated carbocycles. The molecule has 0 aliphatic rings. The Morgan fingerprint density at radius 3 is 2.40 bits per heavy atom. The molecule has 2 aromatic rings. The van der Waals surface area contributed by atoms with Gasteiger partial charge < -0.3 is 15.5 Å². The van der Waals surface area contributed by atoms with Gasteiger partial charge in [0.25, 0.3) is 5.91 Å². The molecule has 0 fully saturated rings. The zero-order valence-corrected chi connectivity index (χ0v) is 14.3. The zero-order chi connectivity index (χ0) is 18.4. The van der Waals surface area contributed by atoms with Crippen LogP contribution >= 0.6 is 0 Å². The number of carbonyl (C=O) groups is 1. The quantitative estimate of drug-likeness (QED) is 0.586. The molecule has 2 rings (SSSR count). The van der Waals surface area contributed by atoms with Crippen LogP contribution in [-0.2, 0) is 0 Å². The summed E-state index contributed by atoms with van der Waals surface area (Å²) < 4.78 is 0. The van der Waals surface area contributed by atoms with Crippen LogP contribution in [0.5, 0.6) is 0 Å². The highest BCUT2D eigenvalue weighted by Crippen LogP contribution is 2.23. The molecule has 1 amide bonds. The van der Waals surface area contributed by atoms with Gasteiger partial charge in [0.05, 0.1) is 4.92 Å². The lowest BCUT2D eigenvalue weighted by atomic mass is 10.2. The fraction of sp³-hybridized carbons (Fsp3) is 0.312. The fourth-order valence-electron chi connectivity index (χ4n) is 2.27. The van der Waals surface area contributed by atoms with Gasteiger partial charge in [0.1, 0.15) is 6.20 Å². The number of carbonyl (C=O) groups excluding carboxylic acids is 1. The molecule has 0 saturated heterocycles. The van der Waals surface area contributed by atoms with Crippen molar-refractivity contribution in [2.45, 2.75) is 13.8 Å². The lowest BCUT2D eigenvalue weighted by Gasteiger charge is -2.18. The molecular formula is C16H20N6O3. The van der Waals surface area contributed by atoms with E-state index in [0.29, 0.717) is 24.3 Å². The fourth-order valence-corrected chi connectivity index (χ4v) is 2.27. The molecule has 1 heterocycles. The average molecular weight is 344 g/mol. The van der Waals surface area contributed by atoms with E-state index in [1.54, 1.807) is 36.2 Å². The largest absolute Gasteiger partial charge is 0.367 e. The number of aromatic nitrogens is 2. The summed E-state index contributed by atoms with van der Waals surface area (Å²) in [5.74, 6) is 0.314. The summed E-state index contributed by atoms with van der Waals surface area (Å²) in [6.45, 7) is 5.17. The molecule has 2 N–H and O–H groups in total. The van der Waals surface area contributed by atoms with Crippen LogP contribution < -0.4 is 10.6 Å². The van der Waals surface area contributed by atoms with Crippen LogP contribution in [-0.4, -0.2) is 45.8 Å². The van der Waals surface area contributed by atoms with Crippen molar-refractivity contribution < 1.29 is 9.72 Å². The van der Waals surface area contributed by atoms with Gasteiger partial charge in [0, 0.05) is 31.4 Å². The predicted octanol–water partition coefficient (Wildman–Crippen LogP) is 2.65. The summed E-state index contributed by atoms with van der Waals surface area (Å²) in [5, 5.41) is 16.5. The van der Waals surface area contributed by atoms with Crippen LogP contribution in [0.1, 0.15) is 24.2 Å². The highest BCUT2D eigenvalue weighted by Gasteiger charge is 2.16. The van der Waals surface area contributed by atoms with Crippen molar-refractivity contribution in [3.8, 4) is 0 Å². The highest BCUT2D eigenvalue weighted by atomic mass is 16.6. The molecule has 25 heavy (non-hydrogen) atoms. The van der Waals surface area contributed by atoms with E-state index in [4.69, 9.17) is 0 Å². The van der Waals surface area contributed by atoms with Crippen LogP contribution in [0.25, 0.3) is 0 Å². The second-order valence-corrected chi connectivity index (χ2v) is 5.11. The Labute approximate surface area is 145 Å². The maximum absolute atomic E-state index is 12.3. The molecule has 9 nitrogen and oxygen atoms in total. The summed E-state index contributed by atoms with van der Waals surface area (Å²) in [7, 11) is 1.55. The topological polar surface area (TPSA) is 113 Å². The third kappa shape index (κ3) is 4.19. The van der Waals surface area contributed by atoms with Gasteiger partial charge in [0.15, 0.2) is 0 Å². The van der Waals surface area contributed by atoms with Crippen LogP contribution in [0.3, 0.4) is 0 Å². The lowest BCUT2D eigenvalue weighted by Crippen LogP contribution is -2.30. The maximum atomic E-state index is 12.3. The minimum atomic E-state index is -0.552. The van der Waals surface area contributed by atoms with Crippen molar-refractivity contribution in [3.05, 3.63) is 46.1 Å². The Hall–Kier alpha value is -3.23. The SMILES string of the molecule is CCN(CC)C(=O)c1ccc(Nc2ncc([N+](=O)[O-])c(NC)n2)cc1. The summed E-state index contributed by atoms with van der Waals surface area (Å²) in [6, 6.07) is 6.90. The van der Waals surface area contributed by atoms with Crippen molar-refractivity contribution in [2.75, 3.05) is 30.8 Å². The van der Waals surface area contributed by atoms with Gasteiger partial charge >= 0.3 is 5.69 Å². The molecule has 0 bridgehead atoms. The second kappa shape index (κ2) is 8.04. The van der Waals surface area contributed by atoms with E-state index in [2.05, 4.69) is 20.6 Å². The minimum absolute atomic E-state index is 0.0272. The number of rotatable bonds is 7. The van der Waals surface area contributed by atoms with Crippen molar-refractivity contribution in [3.63, 3.8) is 0 Å². The molecule has 1 aromatic heterocycles. The number of amides is 1. The van der Waals surface area contributed by atoms with Gasteiger partial charge in [-0.15, -0.1) is 0 Å². The standard InChI is InChI=1S/C16H20N6O3/c1-4-21(5-2)15(23)11-6-8-12(9-7-11)19-16-18-10-13(22(24)25)14(17-3)20-16/h6-10H,4-5H2,1-3H3,(H2,17,18,19,20). The number of anilines is 3. The molecule has 132 valence electrons. The summed E-state index contributed by atoms with van der Waals surface area (Å²) in [5.41, 5.74) is 1.06. The minimum Gasteiger partial charge on any atom is -0.367 e. The number of nitrogens with one attached hydrogen (secondary N) is 2. The van der Waals surface area contributed by atoms with Crippen molar-refractivity contribution in [1.82, 2.24) is 14.9 Å². The molecule has 0 radical (unpaired) electrons. The number of nitro groups is 1. The van der Waals surface area contributed by atoms with Crippen LogP contribution in [0, 0.1) is 10.1 Å². The first-order valence-corrected chi connectivity index (χ1v) is 7.85. The number of benzene rings is 1. The molecule has 0 atom stereocenters. The highest BCUT2D eigenvalue weighted by molar-refractivity contribution is 5.94. The van der Waals surface area contributed by atoms with E-state index in [1.165, 1.54) is 0 Å². The van der Waals surface area contributed by atoms with E-state index in [1.807, 2.05) is 13.8 Å². The zero-order valence-electron chi connectivity index (χ0n) is 14.3. The van der Waals surface area contributed by atoms with E-state index in [-0.39, 0.29) is 23.4 Å². The monoisotopic (exact) mass is 344 g/mol. The summed E-state index contributed by atoms with van der Waals surface area (Å²) in [4.78, 5) is 32.3. The normalized spacial score (nSPS) is 10.2. The van der Waals surface area contributed by atoms with Gasteiger partial charge in [-0.2, -0.15) is 4.98 Å². The molecule has 0 unspecified atom stereocenters. The van der Waals surface area contributed by atoms with Crippen molar-refractivity contribution in [2.24, 2.45) is 0 Å². The third-order valence-electron chi connectivity index (χ3n) is 3.64. The molecular weight excluding hydrogens is 324 g/mol. The van der Waals surface area contributed by atoms with Gasteiger partial charge in [-0.05, 0) is 38.1 Å². The summed E-state index contributed by atoms with van der Waals surface area (Å²) in [6.07, 6.45) is 1.14. The van der Waals surface area contributed by atoms with E-state index in [0.717, 1.165) is 6.20 Å². The van der Waals surface area contributed by atoms with Crippen LogP contribution in [0.4, 0.5) is 23.1 Å². The molecule has 0 spiro atoms. The van der Waals surface area contributed by atoms with E-state index in [9.17, 15) is 14.9 Å². The molecule has 0 aliphatic heterocycles. The molecule has 0 aliphatic carbocycles. The Morgan fingerprint density at radius 1 is 1.24 bits per heavy atom. The average Bonchev–Trinajstić information content (AvgIpc) is 2.63. The maximum Gasteiger partial charge on any atom is 0.329 e. The van der Waals surface area contributed by atoms with Crippen molar-refractivity contribution in [1.29, 1.82) is 0 Å². The first-order valence-electron chi connectivity index (χ1n) is 7.85. The van der Waals surface area contributed by atoms with Gasteiger partial charge in [0.2, 0.25) is 11.8 Å². The lowest BCUT2D eigenvalue weighted by molar-refractivity contribution is -0.384. The Morgan fingerprint density at radius 2 is 1.88 bits per heavy atom. The molecule has 1 aromatic carbocycles. The van der Waals surface area contributed by atoms with Gasteiger partial charge in [-0.3, -0.25) is 14.9 Å². The number of nitrogens with zero attached hydrogens (tertiary/aromatic N) is 4. The Kier molecular flexibility index (Phi) is 5.83. The van der Waals surface area contributed by atoms with Gasteiger partial charge in [-0.1, -0.05) is 0 Å². The Balaban J connectivity index is 2.16. The predicted molar refractivity (Wildman–Crippen MR) is 95.2 cm³/mol.